The molecule has 3 rings (SSSR count). The molecule has 2 aromatic carbocycles. The van der Waals surface area contributed by atoms with Gasteiger partial charge in [0.25, 0.3) is 0 Å². The minimum Gasteiger partial charge on any atom is -0.274 e. The van der Waals surface area contributed by atoms with E-state index in [0.717, 1.165) is 29.0 Å². The van der Waals surface area contributed by atoms with Gasteiger partial charge in [-0.25, -0.2) is 4.98 Å². The van der Waals surface area contributed by atoms with Crippen molar-refractivity contribution in [3.05, 3.63) is 63.5 Å². The second kappa shape index (κ2) is 8.87. The fourth-order valence-corrected chi connectivity index (χ4v) is 4.21. The number of hydrogen-bond acceptors (Lipinski definition) is 3. The lowest BCUT2D eigenvalue weighted by atomic mass is 10.1. The van der Waals surface area contributed by atoms with Crippen LogP contribution in [0.3, 0.4) is 0 Å². The first kappa shape index (κ1) is 19.9. The molecule has 0 saturated carbocycles. The fraction of sp³-hybridized carbons (Fsp3) is 0.238. The van der Waals surface area contributed by atoms with Gasteiger partial charge in [-0.3, -0.25) is 9.69 Å². The van der Waals surface area contributed by atoms with Crippen molar-refractivity contribution in [3.8, 4) is 11.3 Å². The third kappa shape index (κ3) is 4.34. The van der Waals surface area contributed by atoms with Crippen LogP contribution < -0.4 is 4.90 Å². The van der Waals surface area contributed by atoms with Crippen molar-refractivity contribution in [2.75, 3.05) is 4.90 Å². The Balaban J connectivity index is 2.11. The number of carbonyl (C=O) groups excluding carboxylic acids is 1. The highest BCUT2D eigenvalue weighted by Crippen LogP contribution is 2.39. The Hall–Kier alpha value is -1.88. The molecule has 1 aromatic heterocycles. The van der Waals surface area contributed by atoms with E-state index in [4.69, 9.17) is 28.2 Å². The topological polar surface area (TPSA) is 33.2 Å². The van der Waals surface area contributed by atoms with Crippen LogP contribution in [-0.2, 0) is 11.2 Å². The number of rotatable bonds is 6. The van der Waals surface area contributed by atoms with Crippen molar-refractivity contribution in [2.45, 2.75) is 33.1 Å². The summed E-state index contributed by atoms with van der Waals surface area (Å²) in [7, 11) is 0. The number of carbonyl (C=O) groups is 1. The van der Waals surface area contributed by atoms with Gasteiger partial charge in [-0.1, -0.05) is 61.3 Å². The number of thiazole rings is 1. The monoisotopic (exact) mass is 418 g/mol. The summed E-state index contributed by atoms with van der Waals surface area (Å²) < 4.78 is 0. The summed E-state index contributed by atoms with van der Waals surface area (Å²) in [5, 5.41) is 1.86. The Morgan fingerprint density at radius 1 is 1.07 bits per heavy atom. The Morgan fingerprint density at radius 3 is 2.41 bits per heavy atom. The summed E-state index contributed by atoms with van der Waals surface area (Å²) in [6.45, 7) is 4.07. The number of nitrogens with zero attached hydrogens (tertiary/aromatic N) is 2. The van der Waals surface area contributed by atoms with Gasteiger partial charge in [-0.15, -0.1) is 11.3 Å². The van der Waals surface area contributed by atoms with Gasteiger partial charge in [0.05, 0.1) is 16.4 Å². The number of para-hydroxylation sites is 1. The molecule has 0 aliphatic carbocycles. The number of aryl methyl sites for hydroxylation is 1. The molecule has 0 saturated heterocycles. The largest absolute Gasteiger partial charge is 0.274 e. The first-order valence-corrected chi connectivity index (χ1v) is 10.5. The normalized spacial score (nSPS) is 10.8. The van der Waals surface area contributed by atoms with Crippen LogP contribution in [0.15, 0.2) is 48.5 Å². The SMILES string of the molecule is CCCC(=O)N(c1nc(-c2ccc(Cl)cc2)c(CC)s1)c1ccccc1Cl. The molecule has 0 atom stereocenters. The van der Waals surface area contributed by atoms with Crippen LogP contribution in [0.2, 0.25) is 10.0 Å². The summed E-state index contributed by atoms with van der Waals surface area (Å²) >= 11 is 13.9. The summed E-state index contributed by atoms with van der Waals surface area (Å²) in [4.78, 5) is 20.5. The highest BCUT2D eigenvalue weighted by molar-refractivity contribution is 7.16. The molecule has 27 heavy (non-hydrogen) atoms. The van der Waals surface area contributed by atoms with Crippen molar-refractivity contribution in [1.29, 1.82) is 0 Å². The molecular formula is C21H20Cl2N2OS. The van der Waals surface area contributed by atoms with Gasteiger partial charge in [0.15, 0.2) is 5.13 Å². The number of hydrogen-bond donors (Lipinski definition) is 0. The van der Waals surface area contributed by atoms with Gasteiger partial charge >= 0.3 is 0 Å². The van der Waals surface area contributed by atoms with Crippen LogP contribution in [-0.4, -0.2) is 10.9 Å². The first-order valence-electron chi connectivity index (χ1n) is 8.88. The molecule has 1 amide bonds. The highest BCUT2D eigenvalue weighted by Gasteiger charge is 2.24. The quantitative estimate of drug-likeness (QED) is 0.425. The summed E-state index contributed by atoms with van der Waals surface area (Å²) in [5.74, 6) is -0.00957. The molecule has 0 aliphatic heterocycles. The van der Waals surface area contributed by atoms with Crippen LogP contribution in [0.5, 0.6) is 0 Å². The van der Waals surface area contributed by atoms with Crippen LogP contribution in [0.25, 0.3) is 11.3 Å². The molecule has 0 bridgehead atoms. The van der Waals surface area contributed by atoms with Gasteiger partial charge in [-0.05, 0) is 37.1 Å². The Bertz CT molecular complexity index is 938. The van der Waals surface area contributed by atoms with E-state index < -0.39 is 0 Å². The molecular weight excluding hydrogens is 399 g/mol. The van der Waals surface area contributed by atoms with E-state index in [1.165, 1.54) is 11.3 Å². The van der Waals surface area contributed by atoms with Crippen LogP contribution in [0.1, 0.15) is 31.6 Å². The molecule has 140 valence electrons. The molecule has 1 heterocycles. The Kier molecular flexibility index (Phi) is 6.53. The highest BCUT2D eigenvalue weighted by atomic mass is 35.5. The second-order valence-corrected chi connectivity index (χ2v) is 7.96. The van der Waals surface area contributed by atoms with Crippen LogP contribution in [0, 0.1) is 0 Å². The maximum absolute atomic E-state index is 12.9. The first-order chi connectivity index (χ1) is 13.0. The number of benzene rings is 2. The van der Waals surface area contributed by atoms with E-state index in [0.29, 0.717) is 27.3 Å². The van der Waals surface area contributed by atoms with Gasteiger partial charge in [0.2, 0.25) is 5.91 Å². The minimum atomic E-state index is -0.00957. The van der Waals surface area contributed by atoms with E-state index in [9.17, 15) is 4.79 Å². The zero-order valence-corrected chi connectivity index (χ0v) is 17.5. The molecule has 3 nitrogen and oxygen atoms in total. The van der Waals surface area contributed by atoms with Gasteiger partial charge in [0, 0.05) is 21.9 Å². The summed E-state index contributed by atoms with van der Waals surface area (Å²) in [5.41, 5.74) is 2.54. The third-order valence-corrected chi connectivity index (χ3v) is 5.88. The predicted octanol–water partition coefficient (Wildman–Crippen LogP) is 7.14. The smallest absolute Gasteiger partial charge is 0.233 e. The van der Waals surface area contributed by atoms with E-state index >= 15 is 0 Å². The van der Waals surface area contributed by atoms with E-state index in [1.54, 1.807) is 11.0 Å². The van der Waals surface area contributed by atoms with Gasteiger partial charge < -0.3 is 0 Å². The van der Waals surface area contributed by atoms with Crippen molar-refractivity contribution in [3.63, 3.8) is 0 Å². The summed E-state index contributed by atoms with van der Waals surface area (Å²) in [6.07, 6.45) is 2.02. The number of anilines is 2. The lowest BCUT2D eigenvalue weighted by molar-refractivity contribution is -0.117. The zero-order chi connectivity index (χ0) is 19.4. The van der Waals surface area contributed by atoms with Gasteiger partial charge in [-0.2, -0.15) is 0 Å². The van der Waals surface area contributed by atoms with Crippen molar-refractivity contribution in [2.24, 2.45) is 0 Å². The van der Waals surface area contributed by atoms with Crippen molar-refractivity contribution < 1.29 is 4.79 Å². The Labute approximate surface area is 173 Å². The lowest BCUT2D eigenvalue weighted by Crippen LogP contribution is -2.25. The summed E-state index contributed by atoms with van der Waals surface area (Å²) in [6, 6.07) is 15.0. The average Bonchev–Trinajstić information content (AvgIpc) is 3.08. The molecule has 3 aromatic rings. The van der Waals surface area contributed by atoms with E-state index in [1.807, 2.05) is 49.4 Å². The number of halogens is 2. The van der Waals surface area contributed by atoms with E-state index in [2.05, 4.69) is 6.92 Å². The molecule has 0 N–H and O–H groups in total. The van der Waals surface area contributed by atoms with Crippen molar-refractivity contribution in [1.82, 2.24) is 4.98 Å². The number of aromatic nitrogens is 1. The molecule has 0 spiro atoms. The van der Waals surface area contributed by atoms with Crippen molar-refractivity contribution >= 4 is 51.3 Å². The van der Waals surface area contributed by atoms with Gasteiger partial charge in [0.1, 0.15) is 0 Å². The third-order valence-electron chi connectivity index (χ3n) is 4.12. The predicted molar refractivity (Wildman–Crippen MR) is 115 cm³/mol. The Morgan fingerprint density at radius 2 is 1.78 bits per heavy atom. The molecule has 0 fully saturated rings. The lowest BCUT2D eigenvalue weighted by Gasteiger charge is -2.21. The van der Waals surface area contributed by atoms with Crippen LogP contribution >= 0.6 is 34.5 Å². The standard InChI is InChI=1S/C21H20Cl2N2OS/c1-3-7-19(26)25(17-9-6-5-8-16(17)23)21-24-20(18(4-2)27-21)14-10-12-15(22)13-11-14/h5-6,8-13H,3-4,7H2,1-2H3. The maximum Gasteiger partial charge on any atom is 0.233 e. The number of amides is 1. The maximum atomic E-state index is 12.9. The second-order valence-electron chi connectivity index (χ2n) is 6.06. The average molecular weight is 419 g/mol. The molecule has 0 radical (unpaired) electrons. The zero-order valence-electron chi connectivity index (χ0n) is 15.2. The molecule has 6 heteroatoms. The molecule has 0 unspecified atom stereocenters. The minimum absolute atomic E-state index is 0.00957. The van der Waals surface area contributed by atoms with E-state index in [-0.39, 0.29) is 5.91 Å². The fourth-order valence-electron chi connectivity index (χ4n) is 2.81. The molecule has 0 aliphatic rings. The van der Waals surface area contributed by atoms with Crippen LogP contribution in [0.4, 0.5) is 10.8 Å².